The number of amides is 1. The van der Waals surface area contributed by atoms with E-state index in [9.17, 15) is 4.79 Å². The molecular formula is C15H30N4O2. The number of nitrogens with zero attached hydrogens (tertiary/aromatic N) is 1. The first-order valence-corrected chi connectivity index (χ1v) is 7.98. The Morgan fingerprint density at radius 2 is 2.14 bits per heavy atom. The molecule has 6 nitrogen and oxygen atoms in total. The van der Waals surface area contributed by atoms with Crippen LogP contribution in [-0.4, -0.2) is 37.8 Å². The monoisotopic (exact) mass is 298 g/mol. The van der Waals surface area contributed by atoms with Crippen LogP contribution in [0.1, 0.15) is 46.5 Å². The second kappa shape index (κ2) is 9.47. The second-order valence-electron chi connectivity index (χ2n) is 6.10. The van der Waals surface area contributed by atoms with E-state index in [0.29, 0.717) is 25.0 Å². The van der Waals surface area contributed by atoms with E-state index < -0.39 is 0 Å². The van der Waals surface area contributed by atoms with E-state index in [1.165, 1.54) is 19.3 Å². The molecule has 0 bridgehead atoms. The number of carbonyl (C=O) groups is 1. The summed E-state index contributed by atoms with van der Waals surface area (Å²) in [7, 11) is 0. The molecule has 4 N–H and O–H groups in total. The molecule has 1 saturated carbocycles. The molecule has 1 aliphatic carbocycles. The number of hydrogen-bond acceptors (Lipinski definition) is 3. The summed E-state index contributed by atoms with van der Waals surface area (Å²) in [5.41, 5.74) is 5.86. The first kappa shape index (κ1) is 17.6. The van der Waals surface area contributed by atoms with Crippen molar-refractivity contribution in [3.63, 3.8) is 0 Å². The topological polar surface area (TPSA) is 88.7 Å². The van der Waals surface area contributed by atoms with E-state index in [-0.39, 0.29) is 12.1 Å². The van der Waals surface area contributed by atoms with Crippen LogP contribution in [0.25, 0.3) is 0 Å². The molecule has 6 heteroatoms. The van der Waals surface area contributed by atoms with Gasteiger partial charge in [-0.25, -0.2) is 4.79 Å². The summed E-state index contributed by atoms with van der Waals surface area (Å²) in [4.78, 5) is 15.8. The maximum Gasteiger partial charge on any atom is 0.407 e. The molecule has 0 saturated heterocycles. The Kier molecular flexibility index (Phi) is 7.93. The molecule has 1 amide bonds. The van der Waals surface area contributed by atoms with Gasteiger partial charge in [0, 0.05) is 6.54 Å². The van der Waals surface area contributed by atoms with Gasteiger partial charge in [0.15, 0.2) is 5.96 Å². The zero-order valence-corrected chi connectivity index (χ0v) is 13.5. The Bertz CT molecular complexity index is 341. The van der Waals surface area contributed by atoms with Crippen LogP contribution < -0.4 is 16.4 Å². The summed E-state index contributed by atoms with van der Waals surface area (Å²) < 4.78 is 4.92. The van der Waals surface area contributed by atoms with Crippen molar-refractivity contribution < 1.29 is 9.53 Å². The smallest absolute Gasteiger partial charge is 0.407 e. The summed E-state index contributed by atoms with van der Waals surface area (Å²) in [5.74, 6) is 1.67. The van der Waals surface area contributed by atoms with Gasteiger partial charge >= 0.3 is 6.09 Å². The second-order valence-corrected chi connectivity index (χ2v) is 6.10. The number of rotatable bonds is 8. The Balaban J connectivity index is 2.36. The van der Waals surface area contributed by atoms with E-state index in [4.69, 9.17) is 10.5 Å². The third-order valence-electron chi connectivity index (χ3n) is 3.63. The fraction of sp³-hybridized carbons (Fsp3) is 0.867. The minimum Gasteiger partial charge on any atom is -0.450 e. The van der Waals surface area contributed by atoms with Crippen LogP contribution in [0.15, 0.2) is 4.99 Å². The van der Waals surface area contributed by atoms with E-state index in [1.54, 1.807) is 6.92 Å². The lowest BCUT2D eigenvalue weighted by Crippen LogP contribution is -2.41. The highest BCUT2D eigenvalue weighted by molar-refractivity contribution is 5.77. The Morgan fingerprint density at radius 1 is 1.43 bits per heavy atom. The zero-order chi connectivity index (χ0) is 15.7. The summed E-state index contributed by atoms with van der Waals surface area (Å²) in [6, 6.07) is -0.0481. The van der Waals surface area contributed by atoms with Crippen molar-refractivity contribution in [3.8, 4) is 0 Å². The van der Waals surface area contributed by atoms with E-state index in [2.05, 4.69) is 29.5 Å². The number of nitrogens with two attached hydrogens (primary N) is 1. The zero-order valence-electron chi connectivity index (χ0n) is 13.5. The highest BCUT2D eigenvalue weighted by Crippen LogP contribution is 2.24. The van der Waals surface area contributed by atoms with Crippen molar-refractivity contribution >= 4 is 12.1 Å². The summed E-state index contributed by atoms with van der Waals surface area (Å²) in [6.45, 7) is 7.76. The molecule has 0 aliphatic heterocycles. The molecule has 1 atom stereocenters. The van der Waals surface area contributed by atoms with Crippen LogP contribution in [0.5, 0.6) is 0 Å². The van der Waals surface area contributed by atoms with Gasteiger partial charge in [-0.3, -0.25) is 4.99 Å². The average molecular weight is 298 g/mol. The van der Waals surface area contributed by atoms with Crippen LogP contribution in [0.2, 0.25) is 0 Å². The number of guanidine groups is 1. The third kappa shape index (κ3) is 7.78. The molecule has 0 spiro atoms. The SMILES string of the molecule is CCOC(=O)NC(CN=C(N)NCC1CCC1)CC(C)C. The number of ether oxygens (including phenoxy) is 1. The normalized spacial score (nSPS) is 17.2. The molecular weight excluding hydrogens is 268 g/mol. The summed E-state index contributed by atoms with van der Waals surface area (Å²) in [6.07, 6.45) is 4.34. The van der Waals surface area contributed by atoms with E-state index in [1.807, 2.05) is 0 Å². The maximum absolute atomic E-state index is 11.5. The standard InChI is InChI=1S/C15H30N4O2/c1-4-21-15(20)19-13(8-11(2)3)10-18-14(16)17-9-12-6-5-7-12/h11-13H,4-10H2,1-3H3,(H,19,20)(H3,16,17,18). The molecule has 0 aromatic carbocycles. The fourth-order valence-electron chi connectivity index (χ4n) is 2.30. The van der Waals surface area contributed by atoms with Gasteiger partial charge < -0.3 is 21.1 Å². The summed E-state index contributed by atoms with van der Waals surface area (Å²) >= 11 is 0. The average Bonchev–Trinajstić information content (AvgIpc) is 2.33. The summed E-state index contributed by atoms with van der Waals surface area (Å²) in [5, 5.41) is 6.00. The number of alkyl carbamates (subject to hydrolysis) is 1. The predicted octanol–water partition coefficient (Wildman–Crippen LogP) is 1.85. The van der Waals surface area contributed by atoms with Gasteiger partial charge in [-0.15, -0.1) is 0 Å². The first-order chi connectivity index (χ1) is 10.0. The molecule has 0 aromatic rings. The number of nitrogens with one attached hydrogen (secondary N) is 2. The van der Waals surface area contributed by atoms with E-state index >= 15 is 0 Å². The van der Waals surface area contributed by atoms with E-state index in [0.717, 1.165) is 18.9 Å². The van der Waals surface area contributed by atoms with Crippen LogP contribution >= 0.6 is 0 Å². The molecule has 21 heavy (non-hydrogen) atoms. The Labute approximate surface area is 127 Å². The predicted molar refractivity (Wildman–Crippen MR) is 85.2 cm³/mol. The van der Waals surface area contributed by atoms with Gasteiger partial charge in [-0.2, -0.15) is 0 Å². The molecule has 0 aromatic heterocycles. The van der Waals surface area contributed by atoms with Crippen molar-refractivity contribution in [1.82, 2.24) is 10.6 Å². The minimum absolute atomic E-state index is 0.0481. The Morgan fingerprint density at radius 3 is 2.67 bits per heavy atom. The molecule has 0 radical (unpaired) electrons. The van der Waals surface area contributed by atoms with Gasteiger partial charge in [0.1, 0.15) is 0 Å². The van der Waals surface area contributed by atoms with Gasteiger partial charge in [-0.05, 0) is 38.0 Å². The molecule has 1 rings (SSSR count). The van der Waals surface area contributed by atoms with Gasteiger partial charge in [0.05, 0.1) is 19.2 Å². The van der Waals surface area contributed by atoms with Crippen molar-refractivity contribution in [2.75, 3.05) is 19.7 Å². The molecule has 1 unspecified atom stereocenters. The van der Waals surface area contributed by atoms with Crippen LogP contribution in [0.3, 0.4) is 0 Å². The van der Waals surface area contributed by atoms with Gasteiger partial charge in [-0.1, -0.05) is 20.3 Å². The molecule has 1 fully saturated rings. The fourth-order valence-corrected chi connectivity index (χ4v) is 2.30. The molecule has 122 valence electrons. The number of carbonyl (C=O) groups excluding carboxylic acids is 1. The van der Waals surface area contributed by atoms with Crippen LogP contribution in [0.4, 0.5) is 4.79 Å². The van der Waals surface area contributed by atoms with Crippen LogP contribution in [0, 0.1) is 11.8 Å². The largest absolute Gasteiger partial charge is 0.450 e. The minimum atomic E-state index is -0.389. The molecule has 1 aliphatic rings. The number of hydrogen-bond donors (Lipinski definition) is 3. The highest BCUT2D eigenvalue weighted by Gasteiger charge is 2.17. The molecule has 0 heterocycles. The quantitative estimate of drug-likeness (QED) is 0.471. The van der Waals surface area contributed by atoms with Crippen molar-refractivity contribution in [1.29, 1.82) is 0 Å². The highest BCUT2D eigenvalue weighted by atomic mass is 16.5. The van der Waals surface area contributed by atoms with Gasteiger partial charge in [0.25, 0.3) is 0 Å². The first-order valence-electron chi connectivity index (χ1n) is 7.98. The number of aliphatic imine (C=N–C) groups is 1. The van der Waals surface area contributed by atoms with Gasteiger partial charge in [0.2, 0.25) is 0 Å². The lowest BCUT2D eigenvalue weighted by atomic mass is 9.85. The van der Waals surface area contributed by atoms with Crippen molar-refractivity contribution in [2.45, 2.75) is 52.5 Å². The lowest BCUT2D eigenvalue weighted by molar-refractivity contribution is 0.147. The van der Waals surface area contributed by atoms with Crippen LogP contribution in [-0.2, 0) is 4.74 Å². The Hall–Kier alpha value is -1.46. The third-order valence-corrected chi connectivity index (χ3v) is 3.63. The lowest BCUT2D eigenvalue weighted by Gasteiger charge is -2.25. The maximum atomic E-state index is 11.5. The van der Waals surface area contributed by atoms with Crippen molar-refractivity contribution in [2.24, 2.45) is 22.6 Å². The van der Waals surface area contributed by atoms with Crippen molar-refractivity contribution in [3.05, 3.63) is 0 Å².